The minimum Gasteiger partial charge on any atom is -0.464 e. The molecule has 0 atom stereocenters. The fourth-order valence-electron chi connectivity index (χ4n) is 4.30. The lowest BCUT2D eigenvalue weighted by atomic mass is 10.2. The minimum absolute atomic E-state index is 0.0735. The first-order valence-corrected chi connectivity index (χ1v) is 14.1. The summed E-state index contributed by atoms with van der Waals surface area (Å²) in [7, 11) is -4.13. The summed E-state index contributed by atoms with van der Waals surface area (Å²) >= 11 is 0. The number of nitro benzene ring substituents is 1. The summed E-state index contributed by atoms with van der Waals surface area (Å²) in [6.07, 6.45) is 0. The number of non-ortho nitro benzene ring substituents is 1. The van der Waals surface area contributed by atoms with E-state index in [1.807, 2.05) is 43.3 Å². The Kier molecular flexibility index (Phi) is 9.46. The van der Waals surface area contributed by atoms with Crippen LogP contribution < -0.4 is 0 Å². The third-order valence-corrected chi connectivity index (χ3v) is 8.34. The fourth-order valence-corrected chi connectivity index (χ4v) is 5.68. The number of nitro groups is 1. The zero-order valence-electron chi connectivity index (χ0n) is 21.8. The molecule has 2 heterocycles. The number of nitrogens with zero attached hydrogens (tertiary/aromatic N) is 4. The average Bonchev–Trinajstić information content (AvgIpc) is 3.36. The normalized spacial score (nSPS) is 14.4. The predicted octanol–water partition coefficient (Wildman–Crippen LogP) is 3.05. The number of amides is 1. The molecule has 2 aromatic carbocycles. The van der Waals surface area contributed by atoms with Gasteiger partial charge in [0.1, 0.15) is 11.5 Å². The Hall–Kier alpha value is -3.58. The molecule has 0 unspecified atom stereocenters. The van der Waals surface area contributed by atoms with Crippen LogP contribution in [0.25, 0.3) is 0 Å². The molecule has 11 nitrogen and oxygen atoms in total. The van der Waals surface area contributed by atoms with Crippen LogP contribution in [0.2, 0.25) is 0 Å². The number of morpholine rings is 1. The number of aryl methyl sites for hydroxylation is 1. The summed E-state index contributed by atoms with van der Waals surface area (Å²) in [5.41, 5.74) is 0.680. The third kappa shape index (κ3) is 7.73. The summed E-state index contributed by atoms with van der Waals surface area (Å²) in [5.74, 6) is 0.917. The van der Waals surface area contributed by atoms with Gasteiger partial charge in [0.05, 0.1) is 36.1 Å². The number of carbonyl (C=O) groups is 1. The van der Waals surface area contributed by atoms with E-state index in [0.29, 0.717) is 44.4 Å². The Bertz CT molecular complexity index is 1350. The highest BCUT2D eigenvalue weighted by atomic mass is 32.2. The van der Waals surface area contributed by atoms with Gasteiger partial charge in [-0.25, -0.2) is 8.42 Å². The molecule has 1 fully saturated rings. The Morgan fingerprint density at radius 1 is 1.00 bits per heavy atom. The number of benzene rings is 2. The van der Waals surface area contributed by atoms with Crippen molar-refractivity contribution >= 4 is 21.6 Å². The molecule has 39 heavy (non-hydrogen) atoms. The Morgan fingerprint density at radius 3 is 2.31 bits per heavy atom. The van der Waals surface area contributed by atoms with Crippen molar-refractivity contribution < 1.29 is 27.3 Å². The van der Waals surface area contributed by atoms with Gasteiger partial charge in [0.2, 0.25) is 15.9 Å². The van der Waals surface area contributed by atoms with Crippen LogP contribution in [0.4, 0.5) is 5.69 Å². The van der Waals surface area contributed by atoms with Crippen LogP contribution in [0, 0.1) is 17.0 Å². The van der Waals surface area contributed by atoms with Crippen LogP contribution in [0.1, 0.15) is 17.1 Å². The van der Waals surface area contributed by atoms with Crippen molar-refractivity contribution in [3.63, 3.8) is 0 Å². The second kappa shape index (κ2) is 13.0. The van der Waals surface area contributed by atoms with Gasteiger partial charge >= 0.3 is 0 Å². The van der Waals surface area contributed by atoms with Gasteiger partial charge in [-0.05, 0) is 36.8 Å². The van der Waals surface area contributed by atoms with Crippen LogP contribution in [0.3, 0.4) is 0 Å². The molecule has 0 bridgehead atoms. The molecule has 0 radical (unpaired) electrons. The van der Waals surface area contributed by atoms with Crippen LogP contribution >= 0.6 is 0 Å². The van der Waals surface area contributed by atoms with E-state index >= 15 is 0 Å². The maximum Gasteiger partial charge on any atom is 0.269 e. The number of furan rings is 1. The largest absolute Gasteiger partial charge is 0.464 e. The van der Waals surface area contributed by atoms with Gasteiger partial charge in [-0.3, -0.25) is 19.8 Å². The summed E-state index contributed by atoms with van der Waals surface area (Å²) in [4.78, 5) is 27.7. The molecule has 1 aliphatic heterocycles. The van der Waals surface area contributed by atoms with Crippen molar-refractivity contribution in [1.82, 2.24) is 14.1 Å². The van der Waals surface area contributed by atoms with Crippen LogP contribution in [-0.2, 0) is 32.6 Å². The maximum atomic E-state index is 13.7. The van der Waals surface area contributed by atoms with Gasteiger partial charge in [0, 0.05) is 44.9 Å². The lowest BCUT2D eigenvalue weighted by Gasteiger charge is -2.31. The number of sulfonamides is 1. The van der Waals surface area contributed by atoms with Gasteiger partial charge in [-0.2, -0.15) is 4.31 Å². The molecule has 0 aliphatic carbocycles. The summed E-state index contributed by atoms with van der Waals surface area (Å²) < 4.78 is 39.6. The Labute approximate surface area is 227 Å². The first-order chi connectivity index (χ1) is 18.7. The van der Waals surface area contributed by atoms with E-state index < -0.39 is 21.5 Å². The molecular weight excluding hydrogens is 524 g/mol. The second-order valence-electron chi connectivity index (χ2n) is 9.29. The lowest BCUT2D eigenvalue weighted by molar-refractivity contribution is -0.384. The number of hydrogen-bond donors (Lipinski definition) is 0. The smallest absolute Gasteiger partial charge is 0.269 e. The monoisotopic (exact) mass is 556 g/mol. The second-order valence-corrected chi connectivity index (χ2v) is 11.2. The first kappa shape index (κ1) is 28.4. The average molecular weight is 557 g/mol. The van der Waals surface area contributed by atoms with Gasteiger partial charge in [-0.1, -0.05) is 30.3 Å². The zero-order valence-corrected chi connectivity index (χ0v) is 22.6. The highest BCUT2D eigenvalue weighted by Gasteiger charge is 2.30. The molecule has 4 rings (SSSR count). The fraction of sp³-hybridized carbons (Fsp3) is 0.370. The molecule has 208 valence electrons. The molecule has 0 N–H and O–H groups in total. The number of hydrogen-bond acceptors (Lipinski definition) is 8. The zero-order chi connectivity index (χ0) is 27.8. The Morgan fingerprint density at radius 2 is 1.69 bits per heavy atom. The number of carbonyl (C=O) groups excluding carboxylic acids is 1. The molecule has 1 aliphatic rings. The molecule has 12 heteroatoms. The standard InChI is InChI=1S/C27H32N4O7S/c1-22-7-10-25(38-22)20-29(19-23-5-3-2-4-6-23)27(32)21-30(14-13-28-15-17-37-18-16-28)39(35,36)26-11-8-24(9-12-26)31(33)34/h2-12H,13-21H2,1H3. The van der Waals surface area contributed by atoms with Crippen molar-refractivity contribution in [1.29, 1.82) is 0 Å². The van der Waals surface area contributed by atoms with Crippen LogP contribution in [0.5, 0.6) is 0 Å². The van der Waals surface area contributed by atoms with Gasteiger partial charge in [-0.15, -0.1) is 0 Å². The van der Waals surface area contributed by atoms with E-state index in [-0.39, 0.29) is 36.1 Å². The van der Waals surface area contributed by atoms with Crippen LogP contribution in [0.15, 0.2) is 76.0 Å². The molecule has 1 saturated heterocycles. The van der Waals surface area contributed by atoms with Crippen molar-refractivity contribution in [3.05, 3.63) is 93.9 Å². The number of rotatable bonds is 12. The molecule has 3 aromatic rings. The van der Waals surface area contributed by atoms with Gasteiger partial charge < -0.3 is 14.1 Å². The highest BCUT2D eigenvalue weighted by Crippen LogP contribution is 2.21. The highest BCUT2D eigenvalue weighted by molar-refractivity contribution is 7.89. The maximum absolute atomic E-state index is 13.7. The predicted molar refractivity (Wildman–Crippen MR) is 143 cm³/mol. The summed E-state index contributed by atoms with van der Waals surface area (Å²) in [6.45, 7) is 4.80. The third-order valence-electron chi connectivity index (χ3n) is 6.48. The molecule has 0 spiro atoms. The first-order valence-electron chi connectivity index (χ1n) is 12.6. The summed E-state index contributed by atoms with van der Waals surface area (Å²) in [5, 5.41) is 11.1. The van der Waals surface area contributed by atoms with E-state index in [0.717, 1.165) is 22.0 Å². The van der Waals surface area contributed by atoms with E-state index in [1.165, 1.54) is 12.1 Å². The minimum atomic E-state index is -4.13. The molecule has 0 saturated carbocycles. The van der Waals surface area contributed by atoms with E-state index in [1.54, 1.807) is 11.0 Å². The quantitative estimate of drug-likeness (QED) is 0.246. The Balaban J connectivity index is 1.58. The van der Waals surface area contributed by atoms with E-state index in [9.17, 15) is 23.3 Å². The van der Waals surface area contributed by atoms with E-state index in [4.69, 9.17) is 9.15 Å². The van der Waals surface area contributed by atoms with E-state index in [2.05, 4.69) is 4.90 Å². The van der Waals surface area contributed by atoms with Crippen LogP contribution in [-0.4, -0.2) is 79.3 Å². The van der Waals surface area contributed by atoms with Crippen molar-refractivity contribution in [3.8, 4) is 0 Å². The van der Waals surface area contributed by atoms with Gasteiger partial charge in [0.25, 0.3) is 5.69 Å². The molecular formula is C27H32N4O7S. The lowest BCUT2D eigenvalue weighted by Crippen LogP contribution is -2.47. The van der Waals surface area contributed by atoms with Crippen molar-refractivity contribution in [2.45, 2.75) is 24.9 Å². The summed E-state index contributed by atoms with van der Waals surface area (Å²) in [6, 6.07) is 17.8. The van der Waals surface area contributed by atoms with Crippen molar-refractivity contribution in [2.24, 2.45) is 0 Å². The van der Waals surface area contributed by atoms with Crippen molar-refractivity contribution in [2.75, 3.05) is 45.9 Å². The van der Waals surface area contributed by atoms with Gasteiger partial charge in [0.15, 0.2) is 0 Å². The molecule has 1 aromatic heterocycles. The SMILES string of the molecule is Cc1ccc(CN(Cc2ccccc2)C(=O)CN(CCN2CCOCC2)S(=O)(=O)c2ccc([N+](=O)[O-])cc2)o1. The molecule has 1 amide bonds. The topological polar surface area (TPSA) is 126 Å². The number of ether oxygens (including phenoxy) is 1.